The molecule has 1 aromatic carbocycles. The maximum absolute atomic E-state index is 13.6. The van der Waals surface area contributed by atoms with Gasteiger partial charge in [0, 0.05) is 24.5 Å². The van der Waals surface area contributed by atoms with Crippen LogP contribution in [0.3, 0.4) is 0 Å². The zero-order chi connectivity index (χ0) is 11.4. The Morgan fingerprint density at radius 3 is 2.56 bits per heavy atom. The summed E-state index contributed by atoms with van der Waals surface area (Å²) in [6.45, 7) is 2.59. The molecule has 0 aliphatic carbocycles. The Balaban J connectivity index is 2.27. The zero-order valence-electron chi connectivity index (χ0n) is 9.11. The minimum Gasteiger partial charge on any atom is -0.490 e. The summed E-state index contributed by atoms with van der Waals surface area (Å²) in [6.07, 6.45) is 5.06. The van der Waals surface area contributed by atoms with Crippen LogP contribution in [0.2, 0.25) is 0 Å². The number of nitrogens with zero attached hydrogens (tertiary/aromatic N) is 2. The third-order valence-corrected chi connectivity index (χ3v) is 2.28. The standard InChI is InChI=1S/C12H13FN2O/c1-2-3-6-16-12-8-11-10(7-9(12)13)14-4-5-15-11/h4-5,7-8H,2-3,6H2,1H3. The topological polar surface area (TPSA) is 35.0 Å². The molecule has 0 saturated heterocycles. The summed E-state index contributed by atoms with van der Waals surface area (Å²) in [5, 5.41) is 0. The first-order valence-corrected chi connectivity index (χ1v) is 5.34. The van der Waals surface area contributed by atoms with Gasteiger partial charge in [-0.3, -0.25) is 9.97 Å². The first-order valence-electron chi connectivity index (χ1n) is 5.34. The fraction of sp³-hybridized carbons (Fsp3) is 0.333. The fourth-order valence-corrected chi connectivity index (χ4v) is 1.40. The van der Waals surface area contributed by atoms with E-state index in [9.17, 15) is 4.39 Å². The second-order valence-corrected chi connectivity index (χ2v) is 3.53. The van der Waals surface area contributed by atoms with Gasteiger partial charge in [-0.05, 0) is 6.42 Å². The first-order chi connectivity index (χ1) is 7.81. The van der Waals surface area contributed by atoms with Gasteiger partial charge < -0.3 is 4.74 Å². The Hall–Kier alpha value is -1.71. The van der Waals surface area contributed by atoms with Crippen LogP contribution in [0.15, 0.2) is 24.5 Å². The third kappa shape index (κ3) is 2.27. The molecule has 2 rings (SSSR count). The second kappa shape index (κ2) is 4.88. The number of hydrogen-bond donors (Lipinski definition) is 0. The Bertz CT molecular complexity index is 487. The van der Waals surface area contributed by atoms with Gasteiger partial charge in [0.25, 0.3) is 0 Å². The summed E-state index contributed by atoms with van der Waals surface area (Å²) < 4.78 is 18.9. The van der Waals surface area contributed by atoms with Gasteiger partial charge in [-0.2, -0.15) is 0 Å². The van der Waals surface area contributed by atoms with Crippen LogP contribution in [0.1, 0.15) is 19.8 Å². The molecule has 1 heterocycles. The number of aromatic nitrogens is 2. The van der Waals surface area contributed by atoms with E-state index in [1.165, 1.54) is 6.07 Å². The summed E-state index contributed by atoms with van der Waals surface area (Å²) in [4.78, 5) is 8.12. The maximum Gasteiger partial charge on any atom is 0.167 e. The molecule has 0 spiro atoms. The molecule has 0 aliphatic rings. The molecule has 0 fully saturated rings. The SMILES string of the molecule is CCCCOc1cc2nccnc2cc1F. The Morgan fingerprint density at radius 1 is 1.19 bits per heavy atom. The predicted octanol–water partition coefficient (Wildman–Crippen LogP) is 2.95. The van der Waals surface area contributed by atoms with Crippen LogP contribution in [0.4, 0.5) is 4.39 Å². The summed E-state index contributed by atoms with van der Waals surface area (Å²) in [5.41, 5.74) is 1.19. The number of unbranched alkanes of at least 4 members (excludes halogenated alkanes) is 1. The molecule has 2 aromatic rings. The Labute approximate surface area is 93.3 Å². The highest BCUT2D eigenvalue weighted by atomic mass is 19.1. The van der Waals surface area contributed by atoms with Gasteiger partial charge in [0.1, 0.15) is 0 Å². The molecule has 0 amide bonds. The molecule has 3 nitrogen and oxygen atoms in total. The van der Waals surface area contributed by atoms with Crippen molar-refractivity contribution in [2.45, 2.75) is 19.8 Å². The van der Waals surface area contributed by atoms with Crippen LogP contribution in [0.5, 0.6) is 5.75 Å². The number of benzene rings is 1. The van der Waals surface area contributed by atoms with Gasteiger partial charge in [-0.25, -0.2) is 4.39 Å². The largest absolute Gasteiger partial charge is 0.490 e. The van der Waals surface area contributed by atoms with Crippen LogP contribution in [0, 0.1) is 5.82 Å². The van der Waals surface area contributed by atoms with Crippen molar-refractivity contribution in [1.82, 2.24) is 9.97 Å². The van der Waals surface area contributed by atoms with Crippen molar-refractivity contribution in [2.24, 2.45) is 0 Å². The van der Waals surface area contributed by atoms with E-state index in [0.29, 0.717) is 17.6 Å². The van der Waals surface area contributed by atoms with Crippen LogP contribution in [0.25, 0.3) is 11.0 Å². The van der Waals surface area contributed by atoms with E-state index in [4.69, 9.17) is 4.74 Å². The zero-order valence-corrected chi connectivity index (χ0v) is 9.11. The molecular weight excluding hydrogens is 207 g/mol. The van der Waals surface area contributed by atoms with E-state index < -0.39 is 0 Å². The molecule has 0 bridgehead atoms. The average Bonchev–Trinajstić information content (AvgIpc) is 2.30. The minimum absolute atomic E-state index is 0.251. The van der Waals surface area contributed by atoms with Crippen molar-refractivity contribution in [2.75, 3.05) is 6.61 Å². The number of fused-ring (bicyclic) bond motifs is 1. The monoisotopic (exact) mass is 220 g/mol. The lowest BCUT2D eigenvalue weighted by Crippen LogP contribution is -1.99. The van der Waals surface area contributed by atoms with E-state index in [1.807, 2.05) is 0 Å². The lowest BCUT2D eigenvalue weighted by atomic mass is 10.2. The van der Waals surface area contributed by atoms with Crippen molar-refractivity contribution < 1.29 is 9.13 Å². The first kappa shape index (κ1) is 10.8. The average molecular weight is 220 g/mol. The van der Waals surface area contributed by atoms with E-state index in [-0.39, 0.29) is 11.6 Å². The second-order valence-electron chi connectivity index (χ2n) is 3.53. The smallest absolute Gasteiger partial charge is 0.167 e. The van der Waals surface area contributed by atoms with Gasteiger partial charge in [0.15, 0.2) is 11.6 Å². The summed E-state index contributed by atoms with van der Waals surface area (Å²) in [5.74, 6) is -0.134. The molecule has 4 heteroatoms. The lowest BCUT2D eigenvalue weighted by Gasteiger charge is -2.07. The van der Waals surface area contributed by atoms with E-state index in [0.717, 1.165) is 12.8 Å². The number of ether oxygens (including phenoxy) is 1. The van der Waals surface area contributed by atoms with E-state index in [2.05, 4.69) is 16.9 Å². The summed E-state index contributed by atoms with van der Waals surface area (Å²) >= 11 is 0. The molecule has 84 valence electrons. The van der Waals surface area contributed by atoms with E-state index in [1.54, 1.807) is 18.5 Å². The molecule has 16 heavy (non-hydrogen) atoms. The fourth-order valence-electron chi connectivity index (χ4n) is 1.40. The predicted molar refractivity (Wildman–Crippen MR) is 59.9 cm³/mol. The molecule has 0 aliphatic heterocycles. The van der Waals surface area contributed by atoms with Gasteiger partial charge in [-0.1, -0.05) is 13.3 Å². The number of rotatable bonds is 4. The lowest BCUT2D eigenvalue weighted by molar-refractivity contribution is 0.294. The molecular formula is C12H13FN2O. The Morgan fingerprint density at radius 2 is 1.88 bits per heavy atom. The van der Waals surface area contributed by atoms with Gasteiger partial charge in [0.05, 0.1) is 17.6 Å². The molecule has 0 unspecified atom stereocenters. The highest BCUT2D eigenvalue weighted by Crippen LogP contribution is 2.22. The molecule has 0 saturated carbocycles. The molecule has 0 N–H and O–H groups in total. The van der Waals surface area contributed by atoms with E-state index >= 15 is 0 Å². The molecule has 0 atom stereocenters. The van der Waals surface area contributed by atoms with Crippen molar-refractivity contribution in [3.8, 4) is 5.75 Å². The number of halogens is 1. The normalized spacial score (nSPS) is 10.6. The summed E-state index contributed by atoms with van der Waals surface area (Å²) in [6, 6.07) is 2.94. The van der Waals surface area contributed by atoms with Crippen LogP contribution >= 0.6 is 0 Å². The van der Waals surface area contributed by atoms with Crippen molar-refractivity contribution >= 4 is 11.0 Å². The van der Waals surface area contributed by atoms with Crippen LogP contribution < -0.4 is 4.74 Å². The Kier molecular flexibility index (Phi) is 3.29. The van der Waals surface area contributed by atoms with Gasteiger partial charge >= 0.3 is 0 Å². The highest BCUT2D eigenvalue weighted by molar-refractivity contribution is 5.75. The number of hydrogen-bond acceptors (Lipinski definition) is 3. The molecule has 0 radical (unpaired) electrons. The van der Waals surface area contributed by atoms with Crippen LogP contribution in [-0.4, -0.2) is 16.6 Å². The van der Waals surface area contributed by atoms with Gasteiger partial charge in [-0.15, -0.1) is 0 Å². The van der Waals surface area contributed by atoms with Crippen LogP contribution in [-0.2, 0) is 0 Å². The maximum atomic E-state index is 13.6. The minimum atomic E-state index is -0.385. The van der Waals surface area contributed by atoms with Crippen molar-refractivity contribution in [3.05, 3.63) is 30.3 Å². The van der Waals surface area contributed by atoms with Crippen molar-refractivity contribution in [3.63, 3.8) is 0 Å². The third-order valence-electron chi connectivity index (χ3n) is 2.28. The van der Waals surface area contributed by atoms with Crippen molar-refractivity contribution in [1.29, 1.82) is 0 Å². The van der Waals surface area contributed by atoms with Gasteiger partial charge in [0.2, 0.25) is 0 Å². The molecule has 1 aromatic heterocycles. The highest BCUT2D eigenvalue weighted by Gasteiger charge is 2.06. The quantitative estimate of drug-likeness (QED) is 0.743. The summed E-state index contributed by atoms with van der Waals surface area (Å²) in [7, 11) is 0.